The molecular formula is C19H13N5O3. The Morgan fingerprint density at radius 3 is 2.67 bits per heavy atom. The number of pyridine rings is 1. The number of aromatic nitrogens is 2. The predicted octanol–water partition coefficient (Wildman–Crippen LogP) is 3.39. The second kappa shape index (κ2) is 6.68. The fraction of sp³-hybridized carbons (Fsp3) is 0. The first-order valence-electron chi connectivity index (χ1n) is 8.06. The summed E-state index contributed by atoms with van der Waals surface area (Å²) in [6, 6.07) is 15.4. The molecule has 0 atom stereocenters. The zero-order valence-electron chi connectivity index (χ0n) is 13.9. The summed E-state index contributed by atoms with van der Waals surface area (Å²) in [5.41, 5.74) is 5.10. The number of nitro benzene ring substituents is 1. The number of para-hydroxylation sites is 1. The van der Waals surface area contributed by atoms with Crippen LogP contribution in [-0.4, -0.2) is 27.0 Å². The molecule has 8 heteroatoms. The molecule has 0 fully saturated rings. The van der Waals surface area contributed by atoms with E-state index in [1.165, 1.54) is 18.3 Å². The number of benzene rings is 2. The fourth-order valence-corrected chi connectivity index (χ4v) is 2.78. The molecule has 2 aromatic heterocycles. The zero-order valence-corrected chi connectivity index (χ0v) is 13.9. The number of hydrogen-bond donors (Lipinski definition) is 2. The third kappa shape index (κ3) is 3.23. The molecule has 4 rings (SSSR count). The Morgan fingerprint density at radius 2 is 1.89 bits per heavy atom. The number of non-ortho nitro benzene ring substituents is 1. The lowest BCUT2D eigenvalue weighted by atomic mass is 10.1. The summed E-state index contributed by atoms with van der Waals surface area (Å²) in [5.74, 6) is -0.444. The first-order valence-corrected chi connectivity index (χ1v) is 8.06. The van der Waals surface area contributed by atoms with Gasteiger partial charge >= 0.3 is 0 Å². The topological polar surface area (TPSA) is 113 Å². The van der Waals surface area contributed by atoms with Crippen molar-refractivity contribution >= 4 is 39.6 Å². The monoisotopic (exact) mass is 359 g/mol. The number of hydrogen-bond acceptors (Lipinski definition) is 5. The highest BCUT2D eigenvalue weighted by Crippen LogP contribution is 2.24. The van der Waals surface area contributed by atoms with Crippen molar-refractivity contribution in [2.75, 3.05) is 0 Å². The maximum Gasteiger partial charge on any atom is 0.289 e. The van der Waals surface area contributed by atoms with E-state index in [0.29, 0.717) is 5.56 Å². The highest BCUT2D eigenvalue weighted by Gasteiger charge is 2.10. The maximum atomic E-state index is 12.3. The number of amides is 1. The number of nitrogens with one attached hydrogen (secondary N) is 2. The van der Waals surface area contributed by atoms with E-state index in [1.807, 2.05) is 24.3 Å². The molecule has 2 heterocycles. The quantitative estimate of drug-likeness (QED) is 0.330. The number of aromatic amines is 1. The predicted molar refractivity (Wildman–Crippen MR) is 102 cm³/mol. The molecule has 132 valence electrons. The van der Waals surface area contributed by atoms with Crippen LogP contribution in [0.4, 0.5) is 5.69 Å². The molecule has 0 saturated heterocycles. The Labute approximate surface area is 152 Å². The summed E-state index contributed by atoms with van der Waals surface area (Å²) in [6.07, 6.45) is 3.02. The SMILES string of the molecule is O=C(N/N=C\c1ccc([N+](=O)[O-])cc1)c1cc2c(cn1)[nH]c1ccccc12. The van der Waals surface area contributed by atoms with Crippen LogP contribution in [0, 0.1) is 10.1 Å². The summed E-state index contributed by atoms with van der Waals surface area (Å²) in [4.78, 5) is 29.9. The first kappa shape index (κ1) is 16.4. The molecule has 1 amide bonds. The number of rotatable bonds is 4. The lowest BCUT2D eigenvalue weighted by Gasteiger charge is -2.00. The molecule has 0 spiro atoms. The van der Waals surface area contributed by atoms with Crippen molar-refractivity contribution < 1.29 is 9.72 Å². The molecule has 8 nitrogen and oxygen atoms in total. The Morgan fingerprint density at radius 1 is 1.11 bits per heavy atom. The van der Waals surface area contributed by atoms with Crippen molar-refractivity contribution in [3.63, 3.8) is 0 Å². The molecule has 4 aromatic rings. The smallest absolute Gasteiger partial charge is 0.289 e. The largest absolute Gasteiger partial charge is 0.353 e. The van der Waals surface area contributed by atoms with Crippen molar-refractivity contribution in [3.05, 3.63) is 82.2 Å². The van der Waals surface area contributed by atoms with Crippen LogP contribution < -0.4 is 5.43 Å². The van der Waals surface area contributed by atoms with E-state index in [2.05, 4.69) is 20.5 Å². The van der Waals surface area contributed by atoms with Crippen molar-refractivity contribution in [2.45, 2.75) is 0 Å². The van der Waals surface area contributed by atoms with Gasteiger partial charge in [0.15, 0.2) is 0 Å². The van der Waals surface area contributed by atoms with E-state index >= 15 is 0 Å². The Kier molecular flexibility index (Phi) is 4.06. The molecule has 27 heavy (non-hydrogen) atoms. The molecule has 0 aliphatic heterocycles. The lowest BCUT2D eigenvalue weighted by molar-refractivity contribution is -0.384. The van der Waals surface area contributed by atoms with Crippen molar-refractivity contribution in [3.8, 4) is 0 Å². The highest BCUT2D eigenvalue weighted by atomic mass is 16.6. The second-order valence-electron chi connectivity index (χ2n) is 5.83. The Balaban J connectivity index is 1.52. The van der Waals surface area contributed by atoms with Gasteiger partial charge < -0.3 is 4.98 Å². The van der Waals surface area contributed by atoms with Gasteiger partial charge in [-0.1, -0.05) is 18.2 Å². The van der Waals surface area contributed by atoms with Gasteiger partial charge in [-0.2, -0.15) is 5.10 Å². The average Bonchev–Trinajstić information content (AvgIpc) is 3.06. The number of nitrogens with zero attached hydrogens (tertiary/aromatic N) is 3. The third-order valence-corrected chi connectivity index (χ3v) is 4.11. The van der Waals surface area contributed by atoms with E-state index in [1.54, 1.807) is 24.4 Å². The average molecular weight is 359 g/mol. The van der Waals surface area contributed by atoms with Crippen LogP contribution in [0.15, 0.2) is 65.9 Å². The molecule has 2 N–H and O–H groups in total. The number of fused-ring (bicyclic) bond motifs is 3. The van der Waals surface area contributed by atoms with Crippen LogP contribution in [0.1, 0.15) is 16.1 Å². The van der Waals surface area contributed by atoms with Gasteiger partial charge in [0.1, 0.15) is 5.69 Å². The van der Waals surface area contributed by atoms with Crippen molar-refractivity contribution in [1.29, 1.82) is 0 Å². The standard InChI is InChI=1S/C19H13N5O3/c25-19(23-21-10-12-5-7-13(8-6-12)24(26)27)17-9-15-14-3-1-2-4-16(14)22-18(15)11-20-17/h1-11,22H,(H,23,25)/b21-10-. The summed E-state index contributed by atoms with van der Waals surface area (Å²) in [7, 11) is 0. The van der Waals surface area contributed by atoms with Crippen LogP contribution >= 0.6 is 0 Å². The van der Waals surface area contributed by atoms with E-state index in [-0.39, 0.29) is 11.4 Å². The van der Waals surface area contributed by atoms with Gasteiger partial charge in [-0.05, 0) is 29.8 Å². The molecule has 0 radical (unpaired) electrons. The van der Waals surface area contributed by atoms with Crippen molar-refractivity contribution in [2.24, 2.45) is 5.10 Å². The third-order valence-electron chi connectivity index (χ3n) is 4.11. The minimum absolute atomic E-state index is 0.00702. The lowest BCUT2D eigenvalue weighted by Crippen LogP contribution is -2.18. The number of nitro groups is 1. The van der Waals surface area contributed by atoms with Crippen LogP contribution in [0.25, 0.3) is 21.8 Å². The normalized spacial score (nSPS) is 11.3. The van der Waals surface area contributed by atoms with E-state index in [9.17, 15) is 14.9 Å². The molecule has 0 saturated carbocycles. The molecule has 0 aliphatic rings. The van der Waals surface area contributed by atoms with Gasteiger partial charge in [0, 0.05) is 28.4 Å². The van der Waals surface area contributed by atoms with Gasteiger partial charge in [-0.25, -0.2) is 10.4 Å². The van der Waals surface area contributed by atoms with Gasteiger partial charge in [0.2, 0.25) is 0 Å². The zero-order chi connectivity index (χ0) is 18.8. The van der Waals surface area contributed by atoms with E-state index in [4.69, 9.17) is 0 Å². The summed E-state index contributed by atoms with van der Waals surface area (Å²) >= 11 is 0. The number of carbonyl (C=O) groups is 1. The summed E-state index contributed by atoms with van der Waals surface area (Å²) < 4.78 is 0. The minimum Gasteiger partial charge on any atom is -0.353 e. The van der Waals surface area contributed by atoms with Crippen LogP contribution in [0.5, 0.6) is 0 Å². The number of H-pyrrole nitrogens is 1. The van der Waals surface area contributed by atoms with Gasteiger partial charge in [0.05, 0.1) is 22.9 Å². The Hall–Kier alpha value is -4.07. The molecule has 0 aliphatic carbocycles. The molecule has 0 bridgehead atoms. The van der Waals surface area contributed by atoms with Crippen LogP contribution in [0.2, 0.25) is 0 Å². The first-order chi connectivity index (χ1) is 13.1. The maximum absolute atomic E-state index is 12.3. The van der Waals surface area contributed by atoms with Crippen LogP contribution in [-0.2, 0) is 0 Å². The van der Waals surface area contributed by atoms with Gasteiger partial charge in [-0.15, -0.1) is 0 Å². The van der Waals surface area contributed by atoms with Gasteiger partial charge in [-0.3, -0.25) is 14.9 Å². The molecular weight excluding hydrogens is 346 g/mol. The fourth-order valence-electron chi connectivity index (χ4n) is 2.78. The summed E-state index contributed by atoms with van der Waals surface area (Å²) in [5, 5.41) is 16.4. The highest BCUT2D eigenvalue weighted by molar-refractivity contribution is 6.09. The number of carbonyl (C=O) groups excluding carboxylic acids is 1. The van der Waals surface area contributed by atoms with Crippen LogP contribution in [0.3, 0.4) is 0 Å². The Bertz CT molecular complexity index is 1200. The molecule has 0 unspecified atom stereocenters. The second-order valence-corrected chi connectivity index (χ2v) is 5.83. The minimum atomic E-state index is -0.477. The van der Waals surface area contributed by atoms with E-state index in [0.717, 1.165) is 21.8 Å². The van der Waals surface area contributed by atoms with Gasteiger partial charge in [0.25, 0.3) is 11.6 Å². The molecule has 2 aromatic carbocycles. The van der Waals surface area contributed by atoms with Crippen molar-refractivity contribution in [1.82, 2.24) is 15.4 Å². The van der Waals surface area contributed by atoms with E-state index < -0.39 is 10.8 Å². The summed E-state index contributed by atoms with van der Waals surface area (Å²) in [6.45, 7) is 0. The number of hydrazone groups is 1.